The van der Waals surface area contributed by atoms with Crippen molar-refractivity contribution in [1.29, 1.82) is 5.26 Å². The van der Waals surface area contributed by atoms with Gasteiger partial charge in [-0.05, 0) is 86.4 Å². The number of methoxy groups -OCH3 is 1. The SMILES string of the molecule is CCOc1cc(/C=C(\C#N)C(=O)Nc2cc(Cl)ccc2OC)ccc1OCc1c(C)cc(C)cc1C. The predicted molar refractivity (Wildman–Crippen MR) is 143 cm³/mol. The lowest BCUT2D eigenvalue weighted by molar-refractivity contribution is -0.112. The number of aryl methyl sites for hydroxylation is 3. The maximum atomic E-state index is 12.8. The number of halogens is 1. The molecule has 0 aliphatic rings. The number of carbonyl (C=O) groups excluding carboxylic acids is 1. The molecule has 0 atom stereocenters. The molecule has 3 rings (SSSR count). The van der Waals surface area contributed by atoms with E-state index in [9.17, 15) is 10.1 Å². The van der Waals surface area contributed by atoms with Crippen LogP contribution in [0.4, 0.5) is 5.69 Å². The molecule has 7 heteroatoms. The summed E-state index contributed by atoms with van der Waals surface area (Å²) in [5.41, 5.74) is 5.60. The van der Waals surface area contributed by atoms with Crippen molar-refractivity contribution in [3.8, 4) is 23.3 Å². The number of rotatable bonds is 9. The Balaban J connectivity index is 1.84. The van der Waals surface area contributed by atoms with Gasteiger partial charge < -0.3 is 19.5 Å². The molecular weight excluding hydrogens is 476 g/mol. The molecule has 6 nitrogen and oxygen atoms in total. The molecule has 0 aromatic heterocycles. The van der Waals surface area contributed by atoms with E-state index in [0.29, 0.717) is 46.7 Å². The molecule has 0 spiro atoms. The summed E-state index contributed by atoms with van der Waals surface area (Å²) >= 11 is 6.04. The predicted octanol–water partition coefficient (Wildman–Crippen LogP) is 6.80. The topological polar surface area (TPSA) is 80.6 Å². The lowest BCUT2D eigenvalue weighted by atomic mass is 10.0. The van der Waals surface area contributed by atoms with Crippen molar-refractivity contribution in [2.75, 3.05) is 19.0 Å². The third-order valence-electron chi connectivity index (χ3n) is 5.57. The Hall–Kier alpha value is -3.95. The van der Waals surface area contributed by atoms with Crippen molar-refractivity contribution in [3.63, 3.8) is 0 Å². The number of nitrogens with zero attached hydrogens (tertiary/aromatic N) is 1. The maximum absolute atomic E-state index is 12.8. The Labute approximate surface area is 217 Å². The van der Waals surface area contributed by atoms with E-state index in [2.05, 4.69) is 38.2 Å². The lowest BCUT2D eigenvalue weighted by Gasteiger charge is -2.16. The van der Waals surface area contributed by atoms with Crippen LogP contribution in [-0.2, 0) is 11.4 Å². The zero-order valence-corrected chi connectivity index (χ0v) is 21.8. The number of nitriles is 1. The summed E-state index contributed by atoms with van der Waals surface area (Å²) in [5.74, 6) is 0.966. The van der Waals surface area contributed by atoms with Crippen LogP contribution in [0.25, 0.3) is 6.08 Å². The van der Waals surface area contributed by atoms with Gasteiger partial charge in [0.25, 0.3) is 5.91 Å². The van der Waals surface area contributed by atoms with E-state index in [1.54, 1.807) is 36.4 Å². The second-order valence-corrected chi connectivity index (χ2v) is 8.71. The second kappa shape index (κ2) is 12.1. The lowest BCUT2D eigenvalue weighted by Crippen LogP contribution is -2.14. The first-order valence-corrected chi connectivity index (χ1v) is 11.9. The molecule has 0 heterocycles. The largest absolute Gasteiger partial charge is 0.495 e. The summed E-state index contributed by atoms with van der Waals surface area (Å²) in [7, 11) is 1.49. The molecule has 0 saturated carbocycles. The van der Waals surface area contributed by atoms with E-state index < -0.39 is 5.91 Å². The number of carbonyl (C=O) groups is 1. The van der Waals surface area contributed by atoms with E-state index in [4.69, 9.17) is 25.8 Å². The van der Waals surface area contributed by atoms with Gasteiger partial charge in [0, 0.05) is 5.02 Å². The number of amides is 1. The molecule has 3 aromatic carbocycles. The Morgan fingerprint density at radius 1 is 1.00 bits per heavy atom. The highest BCUT2D eigenvalue weighted by molar-refractivity contribution is 6.31. The van der Waals surface area contributed by atoms with Gasteiger partial charge in [0.1, 0.15) is 24.0 Å². The summed E-state index contributed by atoms with van der Waals surface area (Å²) in [5, 5.41) is 12.7. The van der Waals surface area contributed by atoms with Gasteiger partial charge in [-0.1, -0.05) is 35.4 Å². The first-order chi connectivity index (χ1) is 17.2. The number of ether oxygens (including phenoxy) is 3. The molecule has 0 aliphatic heterocycles. The number of nitrogens with one attached hydrogen (secondary N) is 1. The van der Waals surface area contributed by atoms with Crippen LogP contribution < -0.4 is 19.5 Å². The van der Waals surface area contributed by atoms with Crippen LogP contribution >= 0.6 is 11.6 Å². The second-order valence-electron chi connectivity index (χ2n) is 8.27. The monoisotopic (exact) mass is 504 g/mol. The maximum Gasteiger partial charge on any atom is 0.266 e. The van der Waals surface area contributed by atoms with Gasteiger partial charge in [-0.2, -0.15) is 5.26 Å². The Bertz CT molecular complexity index is 1320. The van der Waals surface area contributed by atoms with Crippen LogP contribution in [-0.4, -0.2) is 19.6 Å². The van der Waals surface area contributed by atoms with Crippen molar-refractivity contribution in [3.05, 3.63) is 86.9 Å². The van der Waals surface area contributed by atoms with E-state index in [1.165, 1.54) is 29.9 Å². The molecule has 36 heavy (non-hydrogen) atoms. The van der Waals surface area contributed by atoms with Gasteiger partial charge in [-0.15, -0.1) is 0 Å². The van der Waals surface area contributed by atoms with Gasteiger partial charge in [0.2, 0.25) is 0 Å². The molecule has 0 bridgehead atoms. The summed E-state index contributed by atoms with van der Waals surface area (Å²) in [6, 6.07) is 16.4. The smallest absolute Gasteiger partial charge is 0.266 e. The van der Waals surface area contributed by atoms with Crippen molar-refractivity contribution < 1.29 is 19.0 Å². The quantitative estimate of drug-likeness (QED) is 0.256. The van der Waals surface area contributed by atoms with Gasteiger partial charge in [-0.3, -0.25) is 4.79 Å². The summed E-state index contributed by atoms with van der Waals surface area (Å²) in [6.07, 6.45) is 1.49. The minimum absolute atomic E-state index is 0.0842. The molecule has 1 N–H and O–H groups in total. The average molecular weight is 505 g/mol. The minimum atomic E-state index is -0.582. The molecule has 0 unspecified atom stereocenters. The molecule has 0 saturated heterocycles. The van der Waals surface area contributed by atoms with Crippen LogP contribution in [0.3, 0.4) is 0 Å². The number of benzene rings is 3. The summed E-state index contributed by atoms with van der Waals surface area (Å²) in [6.45, 7) is 8.94. The molecule has 0 fully saturated rings. The Morgan fingerprint density at radius 3 is 2.33 bits per heavy atom. The third-order valence-corrected chi connectivity index (χ3v) is 5.80. The summed E-state index contributed by atoms with van der Waals surface area (Å²) in [4.78, 5) is 12.8. The highest BCUT2D eigenvalue weighted by Crippen LogP contribution is 2.32. The fourth-order valence-electron chi connectivity index (χ4n) is 3.87. The number of anilines is 1. The number of hydrogen-bond donors (Lipinski definition) is 1. The minimum Gasteiger partial charge on any atom is -0.495 e. The van der Waals surface area contributed by atoms with Gasteiger partial charge in [0.05, 0.1) is 19.4 Å². The van der Waals surface area contributed by atoms with E-state index in [1.807, 2.05) is 13.0 Å². The zero-order valence-electron chi connectivity index (χ0n) is 21.1. The van der Waals surface area contributed by atoms with Crippen molar-refractivity contribution in [2.24, 2.45) is 0 Å². The molecular formula is C29H29ClN2O4. The summed E-state index contributed by atoms with van der Waals surface area (Å²) < 4.78 is 17.2. The van der Waals surface area contributed by atoms with Crippen LogP contribution in [0, 0.1) is 32.1 Å². The zero-order chi connectivity index (χ0) is 26.2. The molecule has 0 aliphatic carbocycles. The van der Waals surface area contributed by atoms with Gasteiger partial charge in [0.15, 0.2) is 11.5 Å². The Kier molecular flexibility index (Phi) is 8.99. The standard InChI is InChI=1S/C29H29ClN2O4/c1-6-35-28-14-21(7-9-27(28)36-17-24-19(3)11-18(2)12-20(24)4)13-22(16-31)29(33)32-25-15-23(30)8-10-26(25)34-5/h7-15H,6,17H2,1-5H3,(H,32,33)/b22-13+. The van der Waals surface area contributed by atoms with Crippen LogP contribution in [0.5, 0.6) is 17.2 Å². The van der Waals surface area contributed by atoms with E-state index in [0.717, 1.165) is 5.56 Å². The normalized spacial score (nSPS) is 11.0. The van der Waals surface area contributed by atoms with Crippen molar-refractivity contribution in [2.45, 2.75) is 34.3 Å². The molecule has 0 radical (unpaired) electrons. The third kappa shape index (κ3) is 6.59. The first-order valence-electron chi connectivity index (χ1n) is 11.5. The van der Waals surface area contributed by atoms with Gasteiger partial charge in [-0.25, -0.2) is 0 Å². The van der Waals surface area contributed by atoms with Crippen molar-refractivity contribution >= 4 is 29.3 Å². The molecule has 186 valence electrons. The molecule has 3 aromatic rings. The van der Waals surface area contributed by atoms with Gasteiger partial charge >= 0.3 is 0 Å². The van der Waals surface area contributed by atoms with Crippen LogP contribution in [0.1, 0.15) is 34.7 Å². The average Bonchev–Trinajstić information content (AvgIpc) is 2.83. The fourth-order valence-corrected chi connectivity index (χ4v) is 4.04. The van der Waals surface area contributed by atoms with Crippen LogP contribution in [0.2, 0.25) is 5.02 Å². The highest BCUT2D eigenvalue weighted by Gasteiger charge is 2.15. The molecule has 1 amide bonds. The van der Waals surface area contributed by atoms with E-state index in [-0.39, 0.29) is 5.57 Å². The van der Waals surface area contributed by atoms with E-state index >= 15 is 0 Å². The first kappa shape index (κ1) is 26.7. The Morgan fingerprint density at radius 2 is 1.69 bits per heavy atom. The highest BCUT2D eigenvalue weighted by atomic mass is 35.5. The van der Waals surface area contributed by atoms with Crippen molar-refractivity contribution in [1.82, 2.24) is 0 Å². The number of hydrogen-bond acceptors (Lipinski definition) is 5. The van der Waals surface area contributed by atoms with Crippen LogP contribution in [0.15, 0.2) is 54.1 Å². The fraction of sp³-hybridized carbons (Fsp3) is 0.241.